The Morgan fingerprint density at radius 1 is 1.20 bits per heavy atom. The Hall–Kier alpha value is -2.49. The van der Waals surface area contributed by atoms with Crippen LogP contribution >= 0.6 is 0 Å². The number of hydrogen-bond donors (Lipinski definition) is 2. The average Bonchev–Trinajstić information content (AvgIpc) is 3.12. The van der Waals surface area contributed by atoms with E-state index in [4.69, 9.17) is 4.74 Å². The predicted molar refractivity (Wildman–Crippen MR) is 125 cm³/mol. The standard InChI is InChI=1S/C25H34F3N3O4/c1-2-14-35-23(34)29-17-4-9-21(20(15-17)25(26,27)28)30-12-3-10-24(16-30)11-13-31(22(24)33)18-5-7-19(32)8-6-18/h4,9,15,18-19,32H,2-3,5-8,10-14,16H2,1H3,(H,29,34)/t18-,19-,24-/m0/s1. The van der Waals surface area contributed by atoms with Crippen molar-refractivity contribution < 1.29 is 32.6 Å². The zero-order chi connectivity index (χ0) is 25.2. The second kappa shape index (κ2) is 10.2. The van der Waals surface area contributed by atoms with E-state index < -0.39 is 23.2 Å². The van der Waals surface area contributed by atoms with Gasteiger partial charge in [0.15, 0.2) is 0 Å². The number of ether oxygens (including phenoxy) is 1. The van der Waals surface area contributed by atoms with Gasteiger partial charge in [-0.05, 0) is 69.6 Å². The number of piperidine rings is 1. The summed E-state index contributed by atoms with van der Waals surface area (Å²) in [6, 6.07) is 3.84. The van der Waals surface area contributed by atoms with Gasteiger partial charge in [0.05, 0.1) is 23.7 Å². The summed E-state index contributed by atoms with van der Waals surface area (Å²) in [4.78, 5) is 28.9. The number of benzene rings is 1. The van der Waals surface area contributed by atoms with Gasteiger partial charge in [-0.15, -0.1) is 0 Å². The predicted octanol–water partition coefficient (Wildman–Crippen LogP) is 4.79. The molecule has 2 heterocycles. The number of carbonyl (C=O) groups excluding carboxylic acids is 2. The number of halogens is 3. The Balaban J connectivity index is 1.53. The van der Waals surface area contributed by atoms with Gasteiger partial charge in [-0.2, -0.15) is 13.2 Å². The van der Waals surface area contributed by atoms with E-state index in [0.717, 1.165) is 18.9 Å². The van der Waals surface area contributed by atoms with E-state index in [2.05, 4.69) is 5.32 Å². The van der Waals surface area contributed by atoms with Gasteiger partial charge in [-0.1, -0.05) is 6.92 Å². The number of amides is 2. The molecule has 0 unspecified atom stereocenters. The molecule has 2 amide bonds. The highest BCUT2D eigenvalue weighted by Crippen LogP contribution is 2.46. The summed E-state index contributed by atoms with van der Waals surface area (Å²) in [6.45, 7) is 3.29. The van der Waals surface area contributed by atoms with Crippen LogP contribution in [0.5, 0.6) is 0 Å². The monoisotopic (exact) mass is 497 g/mol. The molecule has 2 N–H and O–H groups in total. The lowest BCUT2D eigenvalue weighted by Crippen LogP contribution is -2.50. The normalized spacial score (nSPS) is 27.4. The molecule has 0 radical (unpaired) electrons. The summed E-state index contributed by atoms with van der Waals surface area (Å²) in [5.74, 6) is 0.0362. The molecule has 3 aliphatic rings. The lowest BCUT2D eigenvalue weighted by atomic mass is 9.78. The van der Waals surface area contributed by atoms with Gasteiger partial charge in [0, 0.05) is 37.1 Å². The van der Waals surface area contributed by atoms with Crippen molar-refractivity contribution in [1.29, 1.82) is 0 Å². The molecule has 3 fully saturated rings. The van der Waals surface area contributed by atoms with E-state index in [-0.39, 0.29) is 42.6 Å². The number of aliphatic hydroxyl groups is 1. The molecule has 1 atom stereocenters. The number of carbonyl (C=O) groups is 2. The molecular formula is C25H34F3N3O4. The molecule has 1 aliphatic carbocycles. The number of hydrogen-bond acceptors (Lipinski definition) is 5. The topological polar surface area (TPSA) is 82.1 Å². The molecule has 0 bridgehead atoms. The van der Waals surface area contributed by atoms with Crippen LogP contribution in [0.3, 0.4) is 0 Å². The molecular weight excluding hydrogens is 463 g/mol. The van der Waals surface area contributed by atoms with Crippen LogP contribution in [0.2, 0.25) is 0 Å². The lowest BCUT2D eigenvalue weighted by Gasteiger charge is -2.42. The highest BCUT2D eigenvalue weighted by atomic mass is 19.4. The SMILES string of the molecule is CCCOC(=O)Nc1ccc(N2CCC[C@]3(CCN([C@H]4CC[C@H](O)CC4)C3=O)C2)c(C(F)(F)F)c1. The van der Waals surface area contributed by atoms with Crippen LogP contribution < -0.4 is 10.2 Å². The number of anilines is 2. The zero-order valence-electron chi connectivity index (χ0n) is 20.1. The molecule has 35 heavy (non-hydrogen) atoms. The van der Waals surface area contributed by atoms with Crippen molar-refractivity contribution in [3.05, 3.63) is 23.8 Å². The van der Waals surface area contributed by atoms with Crippen LogP contribution in [0.15, 0.2) is 18.2 Å². The highest BCUT2D eigenvalue weighted by molar-refractivity contribution is 5.87. The molecule has 10 heteroatoms. The first-order valence-corrected chi connectivity index (χ1v) is 12.5. The average molecular weight is 498 g/mol. The molecule has 4 rings (SSSR count). The Labute approximate surface area is 203 Å². The third-order valence-electron chi connectivity index (χ3n) is 7.56. The van der Waals surface area contributed by atoms with Crippen LogP contribution in [-0.2, 0) is 15.7 Å². The summed E-state index contributed by atoms with van der Waals surface area (Å²) in [5.41, 5.74) is -1.49. The van der Waals surface area contributed by atoms with Crippen molar-refractivity contribution in [2.75, 3.05) is 36.5 Å². The zero-order valence-corrected chi connectivity index (χ0v) is 20.1. The van der Waals surface area contributed by atoms with Gasteiger partial charge in [0.1, 0.15) is 0 Å². The minimum absolute atomic E-state index is 0.0107. The Kier molecular flexibility index (Phi) is 7.49. The summed E-state index contributed by atoms with van der Waals surface area (Å²) in [6.07, 6.45) is -0.321. The summed E-state index contributed by atoms with van der Waals surface area (Å²) >= 11 is 0. The van der Waals surface area contributed by atoms with Gasteiger partial charge in [-0.3, -0.25) is 10.1 Å². The maximum absolute atomic E-state index is 14.0. The van der Waals surface area contributed by atoms with Gasteiger partial charge in [0.2, 0.25) is 5.91 Å². The molecule has 2 saturated heterocycles. The Morgan fingerprint density at radius 3 is 2.63 bits per heavy atom. The number of rotatable bonds is 5. The second-order valence-corrected chi connectivity index (χ2v) is 10.0. The Morgan fingerprint density at radius 2 is 1.94 bits per heavy atom. The smallest absolute Gasteiger partial charge is 0.418 e. The van der Waals surface area contributed by atoms with Crippen molar-refractivity contribution >= 4 is 23.4 Å². The molecule has 7 nitrogen and oxygen atoms in total. The van der Waals surface area contributed by atoms with Crippen molar-refractivity contribution in [3.8, 4) is 0 Å². The van der Waals surface area contributed by atoms with Crippen molar-refractivity contribution in [3.63, 3.8) is 0 Å². The third kappa shape index (κ3) is 5.52. The van der Waals surface area contributed by atoms with Crippen LogP contribution in [0.25, 0.3) is 0 Å². The number of likely N-dealkylation sites (tertiary alicyclic amines) is 1. The van der Waals surface area contributed by atoms with Crippen LogP contribution in [0.4, 0.5) is 29.3 Å². The third-order valence-corrected chi connectivity index (χ3v) is 7.56. The van der Waals surface area contributed by atoms with Crippen molar-refractivity contribution in [2.45, 2.75) is 76.6 Å². The van der Waals surface area contributed by atoms with Crippen molar-refractivity contribution in [2.24, 2.45) is 5.41 Å². The summed E-state index contributed by atoms with van der Waals surface area (Å²) in [5, 5.41) is 12.2. The molecule has 1 aromatic carbocycles. The maximum atomic E-state index is 14.0. The Bertz CT molecular complexity index is 933. The summed E-state index contributed by atoms with van der Waals surface area (Å²) < 4.78 is 47.0. The number of nitrogens with zero attached hydrogens (tertiary/aromatic N) is 2. The minimum atomic E-state index is -4.63. The molecule has 1 aromatic rings. The lowest BCUT2D eigenvalue weighted by molar-refractivity contribution is -0.139. The van der Waals surface area contributed by atoms with Gasteiger partial charge < -0.3 is 19.6 Å². The summed E-state index contributed by atoms with van der Waals surface area (Å²) in [7, 11) is 0. The highest BCUT2D eigenvalue weighted by Gasteiger charge is 2.51. The van der Waals surface area contributed by atoms with Crippen LogP contribution in [-0.4, -0.2) is 60.4 Å². The molecule has 1 saturated carbocycles. The van der Waals surface area contributed by atoms with E-state index in [1.165, 1.54) is 12.1 Å². The van der Waals surface area contributed by atoms with Crippen molar-refractivity contribution in [1.82, 2.24) is 4.90 Å². The van der Waals surface area contributed by atoms with E-state index in [0.29, 0.717) is 51.6 Å². The maximum Gasteiger partial charge on any atom is 0.418 e. The van der Waals surface area contributed by atoms with Gasteiger partial charge >= 0.3 is 12.3 Å². The first-order chi connectivity index (χ1) is 16.6. The quantitative estimate of drug-likeness (QED) is 0.612. The first-order valence-electron chi connectivity index (χ1n) is 12.5. The van der Waals surface area contributed by atoms with Crippen LogP contribution in [0, 0.1) is 5.41 Å². The van der Waals surface area contributed by atoms with E-state index in [1.54, 1.807) is 4.90 Å². The number of nitrogens with one attached hydrogen (secondary N) is 1. The van der Waals surface area contributed by atoms with Gasteiger partial charge in [-0.25, -0.2) is 4.79 Å². The van der Waals surface area contributed by atoms with E-state index >= 15 is 0 Å². The molecule has 0 aromatic heterocycles. The second-order valence-electron chi connectivity index (χ2n) is 10.0. The number of alkyl halides is 3. The van der Waals surface area contributed by atoms with E-state index in [9.17, 15) is 27.9 Å². The van der Waals surface area contributed by atoms with E-state index in [1.807, 2.05) is 11.8 Å². The fraction of sp³-hybridized carbons (Fsp3) is 0.680. The molecule has 194 valence electrons. The first kappa shape index (κ1) is 25.6. The fourth-order valence-electron chi connectivity index (χ4n) is 5.75. The van der Waals surface area contributed by atoms with Gasteiger partial charge in [0.25, 0.3) is 0 Å². The largest absolute Gasteiger partial charge is 0.449 e. The molecule has 1 spiro atoms. The minimum Gasteiger partial charge on any atom is -0.449 e. The number of aliphatic hydroxyl groups excluding tert-OH is 1. The van der Waals surface area contributed by atoms with Crippen LogP contribution in [0.1, 0.15) is 63.9 Å². The fourth-order valence-corrected chi connectivity index (χ4v) is 5.75. The molecule has 2 aliphatic heterocycles.